The number of nitrogens with zero attached hydrogens (tertiary/aromatic N) is 1. The SMILES string of the molecule is Cc1cc(N)cc(NCCCc2ncc[nH]2)c1. The molecule has 0 saturated carbocycles. The van der Waals surface area contributed by atoms with Crippen LogP contribution in [0.15, 0.2) is 30.6 Å². The minimum absolute atomic E-state index is 0.804. The lowest BCUT2D eigenvalue weighted by atomic mass is 10.2. The van der Waals surface area contributed by atoms with Gasteiger partial charge in [-0.2, -0.15) is 0 Å². The lowest BCUT2D eigenvalue weighted by Crippen LogP contribution is -2.04. The van der Waals surface area contributed by atoms with Gasteiger partial charge in [-0.3, -0.25) is 0 Å². The van der Waals surface area contributed by atoms with E-state index in [1.165, 1.54) is 5.56 Å². The second kappa shape index (κ2) is 5.39. The Morgan fingerprint density at radius 2 is 2.24 bits per heavy atom. The van der Waals surface area contributed by atoms with Gasteiger partial charge < -0.3 is 16.0 Å². The fourth-order valence-electron chi connectivity index (χ4n) is 1.84. The Bertz CT molecular complexity index is 442. The van der Waals surface area contributed by atoms with E-state index in [2.05, 4.69) is 21.4 Å². The van der Waals surface area contributed by atoms with Crippen LogP contribution in [-0.2, 0) is 6.42 Å². The first-order valence-corrected chi connectivity index (χ1v) is 5.83. The predicted molar refractivity (Wildman–Crippen MR) is 71.0 cm³/mol. The van der Waals surface area contributed by atoms with Gasteiger partial charge in [0.15, 0.2) is 0 Å². The Hall–Kier alpha value is -1.97. The van der Waals surface area contributed by atoms with Crippen molar-refractivity contribution in [2.75, 3.05) is 17.6 Å². The molecule has 0 amide bonds. The highest BCUT2D eigenvalue weighted by molar-refractivity contribution is 5.56. The van der Waals surface area contributed by atoms with Crippen molar-refractivity contribution in [2.45, 2.75) is 19.8 Å². The molecule has 0 aliphatic rings. The van der Waals surface area contributed by atoms with Gasteiger partial charge in [0.1, 0.15) is 5.82 Å². The summed E-state index contributed by atoms with van der Waals surface area (Å²) in [6.45, 7) is 2.97. The smallest absolute Gasteiger partial charge is 0.106 e. The second-order valence-electron chi connectivity index (χ2n) is 4.20. The molecule has 1 aromatic heterocycles. The maximum Gasteiger partial charge on any atom is 0.106 e. The maximum atomic E-state index is 5.79. The summed E-state index contributed by atoms with van der Waals surface area (Å²) in [6, 6.07) is 6.02. The number of aromatic nitrogens is 2. The van der Waals surface area contributed by atoms with Crippen LogP contribution in [0.3, 0.4) is 0 Å². The van der Waals surface area contributed by atoms with Crippen LogP contribution in [0.1, 0.15) is 17.8 Å². The number of hydrogen-bond acceptors (Lipinski definition) is 3. The Labute approximate surface area is 101 Å². The molecule has 2 aromatic rings. The predicted octanol–water partition coefficient (Wildman–Crippen LogP) is 2.35. The molecule has 0 atom stereocenters. The summed E-state index contributed by atoms with van der Waals surface area (Å²) < 4.78 is 0. The van der Waals surface area contributed by atoms with E-state index < -0.39 is 0 Å². The molecule has 2 rings (SSSR count). The van der Waals surface area contributed by atoms with Crippen molar-refractivity contribution in [2.24, 2.45) is 0 Å². The van der Waals surface area contributed by atoms with Crippen molar-refractivity contribution in [3.05, 3.63) is 42.0 Å². The number of nitrogens with two attached hydrogens (primary N) is 1. The monoisotopic (exact) mass is 230 g/mol. The third-order valence-corrected chi connectivity index (χ3v) is 2.57. The molecule has 0 unspecified atom stereocenters. The number of imidazole rings is 1. The molecule has 1 heterocycles. The summed E-state index contributed by atoms with van der Waals surface area (Å²) in [6.07, 6.45) is 5.64. The number of nitrogen functional groups attached to an aromatic ring is 1. The van der Waals surface area contributed by atoms with Crippen molar-refractivity contribution < 1.29 is 0 Å². The maximum absolute atomic E-state index is 5.79. The van der Waals surface area contributed by atoms with Crippen molar-refractivity contribution in [3.8, 4) is 0 Å². The van der Waals surface area contributed by atoms with Crippen molar-refractivity contribution in [1.29, 1.82) is 0 Å². The van der Waals surface area contributed by atoms with E-state index in [4.69, 9.17) is 5.73 Å². The van der Waals surface area contributed by atoms with Gasteiger partial charge in [-0.1, -0.05) is 0 Å². The highest BCUT2D eigenvalue weighted by Gasteiger charge is 1.97. The van der Waals surface area contributed by atoms with Crippen molar-refractivity contribution in [3.63, 3.8) is 0 Å². The van der Waals surface area contributed by atoms with Gasteiger partial charge in [-0.05, 0) is 37.1 Å². The van der Waals surface area contributed by atoms with Gasteiger partial charge in [0.05, 0.1) is 0 Å². The summed E-state index contributed by atoms with van der Waals surface area (Å²) in [5.41, 5.74) is 8.85. The summed E-state index contributed by atoms with van der Waals surface area (Å²) in [4.78, 5) is 7.28. The largest absolute Gasteiger partial charge is 0.399 e. The first-order valence-electron chi connectivity index (χ1n) is 5.83. The molecule has 0 aliphatic carbocycles. The summed E-state index contributed by atoms with van der Waals surface area (Å²) in [7, 11) is 0. The van der Waals surface area contributed by atoms with E-state index in [9.17, 15) is 0 Å². The molecule has 1 aromatic carbocycles. The fraction of sp³-hybridized carbons (Fsp3) is 0.308. The molecule has 0 aliphatic heterocycles. The van der Waals surface area contributed by atoms with E-state index in [1.54, 1.807) is 6.20 Å². The van der Waals surface area contributed by atoms with E-state index in [0.717, 1.165) is 36.6 Å². The zero-order chi connectivity index (χ0) is 12.1. The van der Waals surface area contributed by atoms with Crippen molar-refractivity contribution in [1.82, 2.24) is 9.97 Å². The average molecular weight is 230 g/mol. The minimum Gasteiger partial charge on any atom is -0.399 e. The molecule has 0 radical (unpaired) electrons. The number of rotatable bonds is 5. The molecule has 0 spiro atoms. The van der Waals surface area contributed by atoms with Crippen LogP contribution in [0.25, 0.3) is 0 Å². The summed E-state index contributed by atoms with van der Waals surface area (Å²) in [5.74, 6) is 1.04. The molecule has 17 heavy (non-hydrogen) atoms. The third kappa shape index (κ3) is 3.52. The van der Waals surface area contributed by atoms with Crippen molar-refractivity contribution >= 4 is 11.4 Å². The first kappa shape index (κ1) is 11.5. The topological polar surface area (TPSA) is 66.7 Å². The van der Waals surface area contributed by atoms with Crippen LogP contribution in [0.2, 0.25) is 0 Å². The zero-order valence-electron chi connectivity index (χ0n) is 10.0. The third-order valence-electron chi connectivity index (χ3n) is 2.57. The number of aromatic amines is 1. The van der Waals surface area contributed by atoms with E-state index in [-0.39, 0.29) is 0 Å². The molecule has 0 saturated heterocycles. The number of benzene rings is 1. The molecule has 0 fully saturated rings. The lowest BCUT2D eigenvalue weighted by Gasteiger charge is -2.07. The fourth-order valence-corrected chi connectivity index (χ4v) is 1.84. The number of H-pyrrole nitrogens is 1. The molecule has 90 valence electrons. The normalized spacial score (nSPS) is 10.4. The van der Waals surface area contributed by atoms with E-state index >= 15 is 0 Å². The Balaban J connectivity index is 1.78. The molecule has 0 bridgehead atoms. The number of anilines is 2. The van der Waals surface area contributed by atoms with Crippen LogP contribution in [0.5, 0.6) is 0 Å². The van der Waals surface area contributed by atoms with Gasteiger partial charge >= 0.3 is 0 Å². The molecule has 4 nitrogen and oxygen atoms in total. The van der Waals surface area contributed by atoms with E-state index in [1.807, 2.05) is 25.3 Å². The summed E-state index contributed by atoms with van der Waals surface area (Å²) >= 11 is 0. The lowest BCUT2D eigenvalue weighted by molar-refractivity contribution is 0.816. The van der Waals surface area contributed by atoms with Gasteiger partial charge in [-0.25, -0.2) is 4.98 Å². The number of aryl methyl sites for hydroxylation is 2. The van der Waals surface area contributed by atoms with Gasteiger partial charge in [-0.15, -0.1) is 0 Å². The molecular formula is C13H18N4. The zero-order valence-corrected chi connectivity index (χ0v) is 10.0. The Kier molecular flexibility index (Phi) is 3.65. The first-order chi connectivity index (χ1) is 8.24. The highest BCUT2D eigenvalue weighted by Crippen LogP contribution is 2.15. The molecule has 4 N–H and O–H groups in total. The average Bonchev–Trinajstić information content (AvgIpc) is 2.76. The van der Waals surface area contributed by atoms with Gasteiger partial charge in [0, 0.05) is 36.7 Å². The summed E-state index contributed by atoms with van der Waals surface area (Å²) in [5, 5.41) is 3.37. The van der Waals surface area contributed by atoms with Crippen LogP contribution >= 0.6 is 0 Å². The van der Waals surface area contributed by atoms with Crippen LogP contribution < -0.4 is 11.1 Å². The molecule has 4 heteroatoms. The highest BCUT2D eigenvalue weighted by atomic mass is 14.9. The standard InChI is InChI=1S/C13H18N4/c1-10-7-11(14)9-12(8-10)15-4-2-3-13-16-5-6-17-13/h5-9,15H,2-4,14H2,1H3,(H,16,17). The second-order valence-corrected chi connectivity index (χ2v) is 4.20. The quantitative estimate of drug-likeness (QED) is 0.545. The van der Waals surface area contributed by atoms with Crippen LogP contribution in [-0.4, -0.2) is 16.5 Å². The Morgan fingerprint density at radius 1 is 1.35 bits per heavy atom. The number of nitrogens with one attached hydrogen (secondary N) is 2. The minimum atomic E-state index is 0.804. The van der Waals surface area contributed by atoms with Gasteiger partial charge in [0.25, 0.3) is 0 Å². The Morgan fingerprint density at radius 3 is 2.94 bits per heavy atom. The molecular weight excluding hydrogens is 212 g/mol. The van der Waals surface area contributed by atoms with Gasteiger partial charge in [0.2, 0.25) is 0 Å². The van der Waals surface area contributed by atoms with Crippen LogP contribution in [0, 0.1) is 6.92 Å². The number of hydrogen-bond donors (Lipinski definition) is 3. The van der Waals surface area contributed by atoms with Crippen LogP contribution in [0.4, 0.5) is 11.4 Å². The van der Waals surface area contributed by atoms with E-state index in [0.29, 0.717) is 0 Å².